The van der Waals surface area contributed by atoms with Gasteiger partial charge in [-0.25, -0.2) is 13.6 Å². The summed E-state index contributed by atoms with van der Waals surface area (Å²) >= 11 is 0. The van der Waals surface area contributed by atoms with Gasteiger partial charge in [0.15, 0.2) is 0 Å². The Bertz CT molecular complexity index is 743. The van der Waals surface area contributed by atoms with Gasteiger partial charge in [-0.05, 0) is 30.9 Å². The average molecular weight is 349 g/mol. The highest BCUT2D eigenvalue weighted by Crippen LogP contribution is 2.58. The number of hydrogen-bond acceptors (Lipinski definition) is 4. The van der Waals surface area contributed by atoms with Gasteiger partial charge in [0.1, 0.15) is 0 Å². The van der Waals surface area contributed by atoms with E-state index in [-0.39, 0.29) is 17.5 Å². The maximum atomic E-state index is 14.0. The molecule has 3 aliphatic rings. The molecule has 1 aliphatic heterocycles. The minimum atomic E-state index is -2.92. The van der Waals surface area contributed by atoms with Crippen LogP contribution in [0, 0.1) is 11.3 Å². The molecule has 7 heteroatoms. The van der Waals surface area contributed by atoms with Crippen LogP contribution in [-0.2, 0) is 9.63 Å². The quantitative estimate of drug-likeness (QED) is 0.768. The molecule has 25 heavy (non-hydrogen) atoms. The SMILES string of the molecule is O=C1c2ccccc2C(=O)N1OC(=O)C12CCCCC1CC(F)(F)C2. The van der Waals surface area contributed by atoms with Gasteiger partial charge in [-0.15, -0.1) is 0 Å². The molecule has 4 rings (SSSR count). The minimum absolute atomic E-state index is 0.148. The van der Waals surface area contributed by atoms with Crippen LogP contribution in [0.15, 0.2) is 24.3 Å². The number of halogens is 2. The van der Waals surface area contributed by atoms with E-state index in [4.69, 9.17) is 4.84 Å². The van der Waals surface area contributed by atoms with E-state index in [9.17, 15) is 23.2 Å². The highest BCUT2D eigenvalue weighted by Gasteiger charge is 2.62. The van der Waals surface area contributed by atoms with Crippen LogP contribution in [0.2, 0.25) is 0 Å². The average Bonchev–Trinajstić information content (AvgIpc) is 3.00. The second-order valence-electron chi connectivity index (χ2n) is 7.16. The van der Waals surface area contributed by atoms with Crippen molar-refractivity contribution in [3.63, 3.8) is 0 Å². The van der Waals surface area contributed by atoms with E-state index < -0.39 is 41.5 Å². The highest BCUT2D eigenvalue weighted by atomic mass is 19.3. The molecule has 0 bridgehead atoms. The van der Waals surface area contributed by atoms with Gasteiger partial charge in [0, 0.05) is 12.8 Å². The zero-order chi connectivity index (χ0) is 17.8. The van der Waals surface area contributed by atoms with E-state index in [0.29, 0.717) is 24.3 Å². The standard InChI is InChI=1S/C18H17F2NO4/c19-18(20)9-11-5-3-4-8-17(11,10-18)16(24)25-21-14(22)12-6-1-2-7-13(12)15(21)23/h1-2,6-7,11H,3-5,8-10H2. The van der Waals surface area contributed by atoms with Crippen molar-refractivity contribution in [1.82, 2.24) is 5.06 Å². The van der Waals surface area contributed by atoms with Crippen molar-refractivity contribution in [3.05, 3.63) is 35.4 Å². The summed E-state index contributed by atoms with van der Waals surface area (Å²) in [6.45, 7) is 0. The Labute approximate surface area is 142 Å². The van der Waals surface area contributed by atoms with Gasteiger partial charge in [0.05, 0.1) is 16.5 Å². The van der Waals surface area contributed by atoms with Crippen molar-refractivity contribution in [2.45, 2.75) is 44.4 Å². The molecule has 1 heterocycles. The summed E-state index contributed by atoms with van der Waals surface area (Å²) in [4.78, 5) is 42.5. The molecule has 1 aromatic carbocycles. The summed E-state index contributed by atoms with van der Waals surface area (Å²) < 4.78 is 28.0. The first-order chi connectivity index (χ1) is 11.8. The molecule has 2 atom stereocenters. The van der Waals surface area contributed by atoms with E-state index in [1.54, 1.807) is 12.1 Å². The normalized spacial score (nSPS) is 30.2. The fourth-order valence-corrected chi connectivity index (χ4v) is 4.50. The van der Waals surface area contributed by atoms with E-state index in [0.717, 1.165) is 6.42 Å². The van der Waals surface area contributed by atoms with Crippen LogP contribution in [0.3, 0.4) is 0 Å². The molecule has 0 radical (unpaired) electrons. The van der Waals surface area contributed by atoms with Gasteiger partial charge < -0.3 is 4.84 Å². The molecule has 2 amide bonds. The fraction of sp³-hybridized carbons (Fsp3) is 0.500. The second kappa shape index (κ2) is 5.34. The molecule has 2 unspecified atom stereocenters. The summed E-state index contributed by atoms with van der Waals surface area (Å²) in [5.74, 6) is -5.75. The van der Waals surface area contributed by atoms with Crippen LogP contribution in [0.5, 0.6) is 0 Å². The van der Waals surface area contributed by atoms with Gasteiger partial charge in [-0.1, -0.05) is 30.0 Å². The van der Waals surface area contributed by atoms with Crippen molar-refractivity contribution in [2.75, 3.05) is 0 Å². The lowest BCUT2D eigenvalue weighted by Gasteiger charge is -2.36. The number of nitrogens with zero attached hydrogens (tertiary/aromatic N) is 1. The zero-order valence-electron chi connectivity index (χ0n) is 13.5. The smallest absolute Gasteiger partial charge is 0.329 e. The van der Waals surface area contributed by atoms with Crippen molar-refractivity contribution < 1.29 is 28.0 Å². The number of amides is 2. The maximum absolute atomic E-state index is 14.0. The third kappa shape index (κ3) is 2.36. The first-order valence-electron chi connectivity index (χ1n) is 8.42. The number of imide groups is 1. The molecule has 0 saturated heterocycles. The fourth-order valence-electron chi connectivity index (χ4n) is 4.50. The van der Waals surface area contributed by atoms with E-state index in [2.05, 4.69) is 0 Å². The lowest BCUT2D eigenvalue weighted by atomic mass is 9.68. The van der Waals surface area contributed by atoms with E-state index in [1.165, 1.54) is 12.1 Å². The number of hydroxylamine groups is 2. The molecule has 132 valence electrons. The highest BCUT2D eigenvalue weighted by molar-refractivity contribution is 6.20. The van der Waals surface area contributed by atoms with Gasteiger partial charge in [0.2, 0.25) is 5.92 Å². The first-order valence-corrected chi connectivity index (χ1v) is 8.42. The van der Waals surface area contributed by atoms with Gasteiger partial charge >= 0.3 is 5.97 Å². The summed E-state index contributed by atoms with van der Waals surface area (Å²) in [5.41, 5.74) is -1.01. The van der Waals surface area contributed by atoms with Gasteiger partial charge in [-0.2, -0.15) is 0 Å². The summed E-state index contributed by atoms with van der Waals surface area (Å²) in [7, 11) is 0. The predicted octanol–water partition coefficient (Wildman–Crippen LogP) is 3.35. The van der Waals surface area contributed by atoms with Gasteiger partial charge in [0.25, 0.3) is 11.8 Å². The molecular formula is C18H17F2NO4. The number of alkyl halides is 2. The molecule has 0 N–H and O–H groups in total. The molecular weight excluding hydrogens is 332 g/mol. The lowest BCUT2D eigenvalue weighted by Crippen LogP contribution is -2.44. The van der Waals surface area contributed by atoms with Crippen LogP contribution in [0.25, 0.3) is 0 Å². The number of benzene rings is 1. The van der Waals surface area contributed by atoms with Crippen LogP contribution in [-0.4, -0.2) is 28.8 Å². The van der Waals surface area contributed by atoms with E-state index >= 15 is 0 Å². The first kappa shape index (κ1) is 16.2. The Hall–Kier alpha value is -2.31. The Morgan fingerprint density at radius 2 is 1.76 bits per heavy atom. The van der Waals surface area contributed by atoms with Crippen molar-refractivity contribution >= 4 is 17.8 Å². The Balaban J connectivity index is 1.60. The minimum Gasteiger partial charge on any atom is -0.329 e. The lowest BCUT2D eigenvalue weighted by molar-refractivity contribution is -0.187. The predicted molar refractivity (Wildman–Crippen MR) is 81.6 cm³/mol. The third-order valence-electron chi connectivity index (χ3n) is 5.66. The number of carbonyl (C=O) groups excluding carboxylic acids is 3. The molecule has 2 aliphatic carbocycles. The Kier molecular flexibility index (Phi) is 3.46. The summed E-state index contributed by atoms with van der Waals surface area (Å²) in [6.07, 6.45) is 1.37. The molecule has 2 fully saturated rings. The Morgan fingerprint density at radius 3 is 2.40 bits per heavy atom. The van der Waals surface area contributed by atoms with Crippen LogP contribution < -0.4 is 0 Å². The van der Waals surface area contributed by atoms with Crippen molar-refractivity contribution in [2.24, 2.45) is 11.3 Å². The third-order valence-corrected chi connectivity index (χ3v) is 5.66. The molecule has 0 spiro atoms. The van der Waals surface area contributed by atoms with Crippen LogP contribution in [0.4, 0.5) is 8.78 Å². The molecule has 1 aromatic rings. The summed E-state index contributed by atoms with van der Waals surface area (Å²) in [5, 5.41) is 0.421. The zero-order valence-corrected chi connectivity index (χ0v) is 13.5. The Morgan fingerprint density at radius 1 is 1.12 bits per heavy atom. The molecule has 2 saturated carbocycles. The topological polar surface area (TPSA) is 63.7 Å². The van der Waals surface area contributed by atoms with Crippen molar-refractivity contribution in [3.8, 4) is 0 Å². The number of hydrogen-bond donors (Lipinski definition) is 0. The largest absolute Gasteiger partial charge is 0.339 e. The van der Waals surface area contributed by atoms with Crippen LogP contribution in [0.1, 0.15) is 59.2 Å². The van der Waals surface area contributed by atoms with Gasteiger partial charge in [-0.3, -0.25) is 9.59 Å². The summed E-state index contributed by atoms with van der Waals surface area (Å²) in [6, 6.07) is 6.13. The number of rotatable bonds is 2. The number of carbonyl (C=O) groups is 3. The van der Waals surface area contributed by atoms with Crippen molar-refractivity contribution in [1.29, 1.82) is 0 Å². The van der Waals surface area contributed by atoms with Crippen LogP contribution >= 0.6 is 0 Å². The molecule has 5 nitrogen and oxygen atoms in total. The monoisotopic (exact) mass is 349 g/mol. The van der Waals surface area contributed by atoms with E-state index in [1.807, 2.05) is 0 Å². The second-order valence-corrected chi connectivity index (χ2v) is 7.16. The number of fused-ring (bicyclic) bond motifs is 2. The molecule has 0 aromatic heterocycles. The maximum Gasteiger partial charge on any atom is 0.339 e.